The summed E-state index contributed by atoms with van der Waals surface area (Å²) < 4.78 is 13.7. The first-order valence-electron chi connectivity index (χ1n) is 6.29. The highest BCUT2D eigenvalue weighted by Crippen LogP contribution is 2.26. The molecule has 0 unspecified atom stereocenters. The zero-order valence-corrected chi connectivity index (χ0v) is 10.7. The van der Waals surface area contributed by atoms with Crippen LogP contribution in [0.2, 0.25) is 0 Å². The normalized spacial score (nSPS) is 14.7. The van der Waals surface area contributed by atoms with E-state index < -0.39 is 0 Å². The Labute approximate surface area is 107 Å². The van der Waals surface area contributed by atoms with E-state index in [0.717, 1.165) is 36.2 Å². The molecule has 0 saturated heterocycles. The van der Waals surface area contributed by atoms with E-state index in [1.807, 2.05) is 12.1 Å². The first-order valence-corrected chi connectivity index (χ1v) is 6.29. The molecular weight excluding hydrogens is 227 g/mol. The van der Waals surface area contributed by atoms with Crippen LogP contribution in [-0.4, -0.2) is 0 Å². The van der Waals surface area contributed by atoms with Crippen LogP contribution in [0.25, 0.3) is 0 Å². The highest BCUT2D eigenvalue weighted by molar-refractivity contribution is 5.44. The zero-order valence-electron chi connectivity index (χ0n) is 10.7. The predicted octanol–water partition coefficient (Wildman–Crippen LogP) is 3.00. The summed E-state index contributed by atoms with van der Waals surface area (Å²) in [5.41, 5.74) is 10.3. The van der Waals surface area contributed by atoms with Gasteiger partial charge in [-0.2, -0.15) is 0 Å². The molecule has 0 amide bonds. The number of hydrogen-bond donors (Lipinski definition) is 2. The summed E-state index contributed by atoms with van der Waals surface area (Å²) in [4.78, 5) is 0. The first-order chi connectivity index (χ1) is 8.61. The monoisotopic (exact) mass is 246 g/mol. The fraction of sp³-hybridized carbons (Fsp3) is 0.333. The van der Waals surface area contributed by atoms with Gasteiger partial charge in [0.25, 0.3) is 0 Å². The Morgan fingerprint density at radius 1 is 1.44 bits per heavy atom. The molecule has 0 atom stereocenters. The fourth-order valence-corrected chi connectivity index (χ4v) is 2.16. The lowest BCUT2D eigenvalue weighted by Crippen LogP contribution is -2.27. The number of hydrogen-bond acceptors (Lipinski definition) is 2. The van der Waals surface area contributed by atoms with Gasteiger partial charge in [-0.3, -0.25) is 0 Å². The quantitative estimate of drug-likeness (QED) is 0.838. The van der Waals surface area contributed by atoms with Crippen LogP contribution in [-0.2, 0) is 13.0 Å². The van der Waals surface area contributed by atoms with E-state index in [2.05, 4.69) is 18.8 Å². The Morgan fingerprint density at radius 3 is 2.83 bits per heavy atom. The molecule has 3 N–H and O–H groups in total. The van der Waals surface area contributed by atoms with Crippen molar-refractivity contribution in [1.82, 2.24) is 5.32 Å². The van der Waals surface area contributed by atoms with Crippen molar-refractivity contribution in [3.8, 4) is 0 Å². The number of nitrogens with one attached hydrogen (secondary N) is 1. The van der Waals surface area contributed by atoms with Crippen LogP contribution >= 0.6 is 0 Å². The molecule has 0 fully saturated rings. The van der Waals surface area contributed by atoms with Crippen LogP contribution in [0.5, 0.6) is 0 Å². The number of aryl methyl sites for hydroxylation is 1. The Balaban J connectivity index is 2.07. The third kappa shape index (κ3) is 2.55. The molecule has 3 heteroatoms. The van der Waals surface area contributed by atoms with E-state index in [9.17, 15) is 4.39 Å². The molecule has 0 bridgehead atoms. The fourth-order valence-electron chi connectivity index (χ4n) is 2.16. The van der Waals surface area contributed by atoms with Gasteiger partial charge in [0.2, 0.25) is 0 Å². The van der Waals surface area contributed by atoms with E-state index in [-0.39, 0.29) is 5.82 Å². The number of rotatable bonds is 5. The molecule has 0 spiro atoms. The number of allylic oxidation sites excluding steroid dienone is 2. The van der Waals surface area contributed by atoms with E-state index in [1.165, 1.54) is 11.6 Å². The Hall–Kier alpha value is -1.77. The van der Waals surface area contributed by atoms with E-state index in [1.54, 1.807) is 0 Å². The highest BCUT2D eigenvalue weighted by Gasteiger charge is 2.18. The van der Waals surface area contributed by atoms with Gasteiger partial charge in [0.15, 0.2) is 0 Å². The molecule has 1 aromatic carbocycles. The second-order valence-electron chi connectivity index (χ2n) is 4.71. The predicted molar refractivity (Wildman–Crippen MR) is 72.2 cm³/mol. The van der Waals surface area contributed by atoms with Crippen LogP contribution in [0.1, 0.15) is 30.9 Å². The van der Waals surface area contributed by atoms with E-state index >= 15 is 0 Å². The van der Waals surface area contributed by atoms with Gasteiger partial charge in [0, 0.05) is 24.2 Å². The van der Waals surface area contributed by atoms with Crippen molar-refractivity contribution in [3.05, 3.63) is 58.7 Å². The molecule has 2 nitrogen and oxygen atoms in total. The van der Waals surface area contributed by atoms with Gasteiger partial charge in [-0.25, -0.2) is 4.39 Å². The Kier molecular flexibility index (Phi) is 3.70. The maximum absolute atomic E-state index is 13.7. The van der Waals surface area contributed by atoms with Crippen LogP contribution < -0.4 is 11.1 Å². The minimum absolute atomic E-state index is 0.175. The summed E-state index contributed by atoms with van der Waals surface area (Å²) >= 11 is 0. The lowest BCUT2D eigenvalue weighted by molar-refractivity contribution is 0.597. The van der Waals surface area contributed by atoms with Gasteiger partial charge in [-0.15, -0.1) is 0 Å². The summed E-state index contributed by atoms with van der Waals surface area (Å²) in [5.74, 6) is -0.175. The molecule has 18 heavy (non-hydrogen) atoms. The smallest absolute Gasteiger partial charge is 0.128 e. The third-order valence-corrected chi connectivity index (χ3v) is 3.18. The molecule has 0 radical (unpaired) electrons. The molecule has 0 heterocycles. The minimum atomic E-state index is -0.175. The van der Waals surface area contributed by atoms with Crippen LogP contribution in [0.15, 0.2) is 41.7 Å². The van der Waals surface area contributed by atoms with Gasteiger partial charge in [0.05, 0.1) is 5.70 Å². The highest BCUT2D eigenvalue weighted by atomic mass is 19.1. The SMILES string of the molecule is C=C1CC(N)=C1NCc1cc(CCC)ccc1F. The van der Waals surface area contributed by atoms with Crippen molar-refractivity contribution < 1.29 is 4.39 Å². The van der Waals surface area contributed by atoms with Gasteiger partial charge in [-0.05, 0) is 23.6 Å². The van der Waals surface area contributed by atoms with Crippen LogP contribution in [0, 0.1) is 5.82 Å². The van der Waals surface area contributed by atoms with E-state index in [0.29, 0.717) is 12.1 Å². The summed E-state index contributed by atoms with van der Waals surface area (Å²) in [6, 6.07) is 5.30. The summed E-state index contributed by atoms with van der Waals surface area (Å²) in [6.45, 7) is 6.45. The number of halogens is 1. The lowest BCUT2D eigenvalue weighted by atomic mass is 9.95. The second-order valence-corrected chi connectivity index (χ2v) is 4.71. The van der Waals surface area contributed by atoms with Gasteiger partial charge in [-0.1, -0.05) is 32.1 Å². The van der Waals surface area contributed by atoms with Crippen molar-refractivity contribution in [3.63, 3.8) is 0 Å². The largest absolute Gasteiger partial charge is 0.400 e. The topological polar surface area (TPSA) is 38.0 Å². The average Bonchev–Trinajstić information content (AvgIpc) is 2.33. The summed E-state index contributed by atoms with van der Waals surface area (Å²) in [7, 11) is 0. The Bertz CT molecular complexity index is 503. The molecule has 0 aromatic heterocycles. The molecule has 1 aromatic rings. The van der Waals surface area contributed by atoms with Crippen LogP contribution in [0.3, 0.4) is 0 Å². The molecule has 96 valence electrons. The van der Waals surface area contributed by atoms with Gasteiger partial charge < -0.3 is 11.1 Å². The molecule has 0 aliphatic heterocycles. The molecule has 1 aliphatic carbocycles. The number of nitrogens with two attached hydrogens (primary N) is 1. The standard InChI is InChI=1S/C15H19FN2/c1-3-4-11-5-6-13(16)12(8-11)9-18-15-10(2)7-14(15)17/h5-6,8,18H,2-4,7,9,17H2,1H3. The van der Waals surface area contributed by atoms with Crippen molar-refractivity contribution in [1.29, 1.82) is 0 Å². The second kappa shape index (κ2) is 5.25. The van der Waals surface area contributed by atoms with Gasteiger partial charge in [0.1, 0.15) is 5.82 Å². The number of benzene rings is 1. The average molecular weight is 246 g/mol. The lowest BCUT2D eigenvalue weighted by Gasteiger charge is -2.24. The van der Waals surface area contributed by atoms with Crippen molar-refractivity contribution >= 4 is 0 Å². The van der Waals surface area contributed by atoms with Crippen molar-refractivity contribution in [2.24, 2.45) is 5.73 Å². The first kappa shape index (κ1) is 12.7. The molecular formula is C15H19FN2. The maximum Gasteiger partial charge on any atom is 0.128 e. The van der Waals surface area contributed by atoms with Crippen molar-refractivity contribution in [2.45, 2.75) is 32.7 Å². The minimum Gasteiger partial charge on any atom is -0.400 e. The van der Waals surface area contributed by atoms with Gasteiger partial charge >= 0.3 is 0 Å². The molecule has 1 aliphatic rings. The zero-order chi connectivity index (χ0) is 13.1. The maximum atomic E-state index is 13.7. The van der Waals surface area contributed by atoms with E-state index in [4.69, 9.17) is 5.73 Å². The van der Waals surface area contributed by atoms with Crippen molar-refractivity contribution in [2.75, 3.05) is 0 Å². The summed E-state index contributed by atoms with van der Waals surface area (Å²) in [5, 5.41) is 3.16. The third-order valence-electron chi connectivity index (χ3n) is 3.18. The summed E-state index contributed by atoms with van der Waals surface area (Å²) in [6.07, 6.45) is 2.79. The molecule has 0 saturated carbocycles. The van der Waals surface area contributed by atoms with Crippen LogP contribution in [0.4, 0.5) is 4.39 Å². The Morgan fingerprint density at radius 2 is 2.22 bits per heavy atom. The molecule has 2 rings (SSSR count).